The van der Waals surface area contributed by atoms with E-state index in [1.807, 2.05) is 26.0 Å². The minimum absolute atomic E-state index is 0.391. The normalized spacial score (nSPS) is 11.5. The summed E-state index contributed by atoms with van der Waals surface area (Å²) in [5, 5.41) is 0. The predicted octanol–water partition coefficient (Wildman–Crippen LogP) is 2.88. The Morgan fingerprint density at radius 3 is 2.55 bits per heavy atom. The quantitative estimate of drug-likeness (QED) is 0.653. The van der Waals surface area contributed by atoms with E-state index in [0.29, 0.717) is 0 Å². The van der Waals surface area contributed by atoms with Gasteiger partial charge in [-0.25, -0.2) is 0 Å². The maximum absolute atomic E-state index is 10.6. The van der Waals surface area contributed by atoms with Crippen molar-refractivity contribution in [3.8, 4) is 0 Å². The molecule has 0 atom stereocenters. The Kier molecular flexibility index (Phi) is 2.35. The second-order valence-corrected chi connectivity index (χ2v) is 4.66. The van der Waals surface area contributed by atoms with Crippen LogP contribution in [0.5, 0.6) is 0 Å². The van der Waals surface area contributed by atoms with Gasteiger partial charge in [0.2, 0.25) is 0 Å². The van der Waals surface area contributed by atoms with Gasteiger partial charge in [0.25, 0.3) is 0 Å². The minimum atomic E-state index is -0.391. The van der Waals surface area contributed by atoms with E-state index in [9.17, 15) is 4.79 Å². The lowest BCUT2D eigenvalue weighted by Gasteiger charge is -2.13. The first-order chi connectivity index (χ1) is 5.06. The second kappa shape index (κ2) is 2.95. The van der Waals surface area contributed by atoms with Crippen LogP contribution < -0.4 is 0 Å². The lowest BCUT2D eigenvalue weighted by atomic mass is 9.94. The molecule has 3 heteroatoms. The Morgan fingerprint density at radius 2 is 2.18 bits per heavy atom. The average molecular weight is 189 g/mol. The van der Waals surface area contributed by atoms with Crippen LogP contribution >= 0.6 is 22.9 Å². The molecular formula is C8H9ClOS. The molecule has 0 unspecified atom stereocenters. The molecule has 0 N–H and O–H groups in total. The van der Waals surface area contributed by atoms with Gasteiger partial charge in [-0.3, -0.25) is 0 Å². The molecule has 1 rings (SSSR count). The van der Waals surface area contributed by atoms with Gasteiger partial charge in [0.15, 0.2) is 0 Å². The molecule has 0 amide bonds. The molecular weight excluding hydrogens is 180 g/mol. The number of hydrogen-bond donors (Lipinski definition) is 0. The van der Waals surface area contributed by atoms with Gasteiger partial charge < -0.3 is 4.79 Å². The molecule has 0 aliphatic heterocycles. The van der Waals surface area contributed by atoms with Gasteiger partial charge in [-0.1, -0.05) is 11.6 Å². The van der Waals surface area contributed by atoms with Crippen molar-refractivity contribution in [1.29, 1.82) is 0 Å². The third-order valence-electron chi connectivity index (χ3n) is 1.50. The standard InChI is InChI=1S/C8H9ClOS/c1-8(2,5-10)6-3-4-7(9)11-6/h3-5H,1-2H3. The SMILES string of the molecule is CC(C)(C=O)c1ccc(Cl)s1. The molecule has 0 bridgehead atoms. The molecule has 0 aromatic carbocycles. The number of carbonyl (C=O) groups is 1. The first kappa shape index (κ1) is 8.75. The maximum Gasteiger partial charge on any atom is 0.130 e. The largest absolute Gasteiger partial charge is 0.302 e. The van der Waals surface area contributed by atoms with E-state index in [1.165, 1.54) is 11.3 Å². The zero-order valence-corrected chi connectivity index (χ0v) is 8.00. The van der Waals surface area contributed by atoms with Crippen LogP contribution in [0.2, 0.25) is 4.34 Å². The van der Waals surface area contributed by atoms with Gasteiger partial charge in [0.05, 0.1) is 9.75 Å². The third kappa shape index (κ3) is 1.82. The van der Waals surface area contributed by atoms with Crippen LogP contribution in [-0.2, 0) is 10.2 Å². The van der Waals surface area contributed by atoms with E-state index in [-0.39, 0.29) is 0 Å². The molecule has 1 nitrogen and oxygen atoms in total. The molecule has 0 aliphatic rings. The van der Waals surface area contributed by atoms with E-state index in [2.05, 4.69) is 0 Å². The lowest BCUT2D eigenvalue weighted by molar-refractivity contribution is -0.111. The van der Waals surface area contributed by atoms with Crippen molar-refractivity contribution in [2.75, 3.05) is 0 Å². The molecule has 0 saturated carbocycles. The molecule has 1 aromatic heterocycles. The van der Waals surface area contributed by atoms with Crippen molar-refractivity contribution >= 4 is 29.2 Å². The molecule has 0 saturated heterocycles. The number of rotatable bonds is 2. The highest BCUT2D eigenvalue weighted by atomic mass is 35.5. The van der Waals surface area contributed by atoms with Crippen molar-refractivity contribution in [2.24, 2.45) is 0 Å². The molecule has 60 valence electrons. The molecule has 11 heavy (non-hydrogen) atoms. The smallest absolute Gasteiger partial charge is 0.130 e. The summed E-state index contributed by atoms with van der Waals surface area (Å²) in [5.41, 5.74) is -0.391. The second-order valence-electron chi connectivity index (χ2n) is 2.94. The summed E-state index contributed by atoms with van der Waals surface area (Å²) < 4.78 is 0.731. The fourth-order valence-corrected chi connectivity index (χ4v) is 1.82. The van der Waals surface area contributed by atoms with Gasteiger partial charge in [-0.05, 0) is 26.0 Å². The molecule has 1 aromatic rings. The number of halogens is 1. The Bertz CT molecular complexity index is 265. The van der Waals surface area contributed by atoms with Crippen LogP contribution in [0.3, 0.4) is 0 Å². The van der Waals surface area contributed by atoms with Gasteiger partial charge in [0.1, 0.15) is 6.29 Å². The van der Waals surface area contributed by atoms with E-state index < -0.39 is 5.41 Å². The van der Waals surface area contributed by atoms with Crippen molar-refractivity contribution < 1.29 is 4.79 Å². The maximum atomic E-state index is 10.6. The fourth-order valence-electron chi connectivity index (χ4n) is 0.719. The highest BCUT2D eigenvalue weighted by molar-refractivity contribution is 7.16. The highest BCUT2D eigenvalue weighted by Crippen LogP contribution is 2.30. The van der Waals surface area contributed by atoms with E-state index >= 15 is 0 Å². The zero-order valence-electron chi connectivity index (χ0n) is 6.43. The predicted molar refractivity (Wildman–Crippen MR) is 48.4 cm³/mol. The summed E-state index contributed by atoms with van der Waals surface area (Å²) in [5.74, 6) is 0. The Hall–Kier alpha value is -0.340. The van der Waals surface area contributed by atoms with E-state index in [0.717, 1.165) is 15.5 Å². The summed E-state index contributed by atoms with van der Waals surface area (Å²) in [6.07, 6.45) is 0.940. The first-order valence-electron chi connectivity index (χ1n) is 3.28. The summed E-state index contributed by atoms with van der Waals surface area (Å²) in [6, 6.07) is 3.70. The van der Waals surface area contributed by atoms with Crippen LogP contribution in [0.1, 0.15) is 18.7 Å². The van der Waals surface area contributed by atoms with Crippen molar-refractivity contribution in [1.82, 2.24) is 0 Å². The number of thiophene rings is 1. The lowest BCUT2D eigenvalue weighted by Crippen LogP contribution is -2.16. The van der Waals surface area contributed by atoms with E-state index in [1.54, 1.807) is 0 Å². The van der Waals surface area contributed by atoms with Crippen LogP contribution in [-0.4, -0.2) is 6.29 Å². The zero-order chi connectivity index (χ0) is 8.48. The van der Waals surface area contributed by atoms with Crippen molar-refractivity contribution in [3.63, 3.8) is 0 Å². The summed E-state index contributed by atoms with van der Waals surface area (Å²) in [4.78, 5) is 11.6. The van der Waals surface area contributed by atoms with Crippen LogP contribution in [0.4, 0.5) is 0 Å². The molecule has 1 heterocycles. The topological polar surface area (TPSA) is 17.1 Å². The summed E-state index contributed by atoms with van der Waals surface area (Å²) >= 11 is 7.18. The number of aldehydes is 1. The van der Waals surface area contributed by atoms with Gasteiger partial charge in [-0.2, -0.15) is 0 Å². The average Bonchev–Trinajstić information content (AvgIpc) is 2.36. The highest BCUT2D eigenvalue weighted by Gasteiger charge is 2.20. The summed E-state index contributed by atoms with van der Waals surface area (Å²) in [6.45, 7) is 3.75. The fraction of sp³-hybridized carbons (Fsp3) is 0.375. The van der Waals surface area contributed by atoms with Crippen LogP contribution in [0, 0.1) is 0 Å². The number of carbonyl (C=O) groups excluding carboxylic acids is 1. The molecule has 0 radical (unpaired) electrons. The Labute approximate surface area is 75.0 Å². The van der Waals surface area contributed by atoms with E-state index in [4.69, 9.17) is 11.6 Å². The van der Waals surface area contributed by atoms with Crippen LogP contribution in [0.15, 0.2) is 12.1 Å². The monoisotopic (exact) mass is 188 g/mol. The molecule has 0 aliphatic carbocycles. The summed E-state index contributed by atoms with van der Waals surface area (Å²) in [7, 11) is 0. The van der Waals surface area contributed by atoms with Gasteiger partial charge in [-0.15, -0.1) is 11.3 Å². The van der Waals surface area contributed by atoms with Crippen molar-refractivity contribution in [3.05, 3.63) is 21.3 Å². The molecule has 0 spiro atoms. The third-order valence-corrected chi connectivity index (χ3v) is 3.07. The minimum Gasteiger partial charge on any atom is -0.302 e. The van der Waals surface area contributed by atoms with Gasteiger partial charge >= 0.3 is 0 Å². The number of hydrogen-bond acceptors (Lipinski definition) is 2. The van der Waals surface area contributed by atoms with Crippen molar-refractivity contribution in [2.45, 2.75) is 19.3 Å². The Balaban J connectivity index is 3.01. The molecule has 0 fully saturated rings. The Morgan fingerprint density at radius 1 is 1.55 bits per heavy atom. The first-order valence-corrected chi connectivity index (χ1v) is 4.48. The van der Waals surface area contributed by atoms with Crippen LogP contribution in [0.25, 0.3) is 0 Å². The van der Waals surface area contributed by atoms with Gasteiger partial charge in [0, 0.05) is 4.88 Å².